The first-order valence-electron chi connectivity index (χ1n) is 8.29. The monoisotopic (exact) mass is 343 g/mol. The average molecular weight is 343 g/mol. The van der Waals surface area contributed by atoms with Crippen LogP contribution in [0.4, 0.5) is 5.00 Å². The normalized spacial score (nSPS) is 19.9. The van der Waals surface area contributed by atoms with E-state index < -0.39 is 0 Å². The zero-order valence-corrected chi connectivity index (χ0v) is 14.7. The van der Waals surface area contributed by atoms with Crippen molar-refractivity contribution in [3.05, 3.63) is 45.8 Å². The van der Waals surface area contributed by atoms with Gasteiger partial charge in [-0.3, -0.25) is 4.79 Å². The fraction of sp³-hybridized carbons (Fsp3) is 0.389. The van der Waals surface area contributed by atoms with E-state index in [9.17, 15) is 4.79 Å². The van der Waals surface area contributed by atoms with E-state index in [0.717, 1.165) is 41.4 Å². The van der Waals surface area contributed by atoms with Crippen LogP contribution in [0.3, 0.4) is 0 Å². The largest absolute Gasteiger partial charge is 0.493 e. The van der Waals surface area contributed by atoms with Crippen molar-refractivity contribution in [2.75, 3.05) is 25.5 Å². The maximum absolute atomic E-state index is 12.8. The molecule has 1 aromatic carbocycles. The second-order valence-electron chi connectivity index (χ2n) is 6.22. The zero-order valence-electron chi connectivity index (χ0n) is 13.9. The Bertz CT molecular complexity index is 787. The molecule has 1 aromatic heterocycles. The molecule has 0 fully saturated rings. The molecule has 1 amide bonds. The van der Waals surface area contributed by atoms with Crippen molar-refractivity contribution in [2.45, 2.75) is 26.1 Å². The van der Waals surface area contributed by atoms with Gasteiger partial charge in [0.05, 0.1) is 12.2 Å². The lowest BCUT2D eigenvalue weighted by atomic mass is 10.0. The van der Waals surface area contributed by atoms with Crippen LogP contribution in [0.15, 0.2) is 24.3 Å². The Morgan fingerprint density at radius 3 is 3.00 bits per heavy atom. The molecule has 4 rings (SSSR count). The Balaban J connectivity index is 1.69. The number of nitrogens with zero attached hydrogens (tertiary/aromatic N) is 1. The number of fused-ring (bicyclic) bond motifs is 3. The predicted octanol–water partition coefficient (Wildman–Crippen LogP) is 2.99. The van der Waals surface area contributed by atoms with Crippen molar-refractivity contribution in [3.8, 4) is 5.75 Å². The van der Waals surface area contributed by atoms with E-state index >= 15 is 0 Å². The number of carbonyl (C=O) groups excluding carboxylic acids is 1. The van der Waals surface area contributed by atoms with Crippen molar-refractivity contribution in [2.24, 2.45) is 0 Å². The average Bonchev–Trinajstić information content (AvgIpc) is 2.93. The summed E-state index contributed by atoms with van der Waals surface area (Å²) in [5, 5.41) is 7.58. The number of nitrogens with one attached hydrogen (secondary N) is 2. The molecular formula is C18H21N3O2S. The fourth-order valence-electron chi connectivity index (χ4n) is 3.40. The van der Waals surface area contributed by atoms with Crippen LogP contribution >= 0.6 is 11.3 Å². The zero-order chi connectivity index (χ0) is 16.7. The first kappa shape index (κ1) is 15.5. The number of anilines is 1. The molecule has 2 aliphatic rings. The summed E-state index contributed by atoms with van der Waals surface area (Å²) in [6.45, 7) is 4.48. The first-order valence-corrected chi connectivity index (χ1v) is 9.11. The smallest absolute Gasteiger partial charge is 0.256 e. The van der Waals surface area contributed by atoms with Gasteiger partial charge in [0.25, 0.3) is 5.91 Å². The van der Waals surface area contributed by atoms with E-state index in [-0.39, 0.29) is 12.1 Å². The van der Waals surface area contributed by atoms with E-state index in [1.165, 1.54) is 10.4 Å². The SMILES string of the molecule is CCOc1ccccc1[C@H]1NC(=O)c2c(sc3c2CCN(C)C3)N1. The van der Waals surface area contributed by atoms with Crippen LogP contribution in [0.2, 0.25) is 0 Å². The van der Waals surface area contributed by atoms with Gasteiger partial charge < -0.3 is 20.3 Å². The molecule has 1 atom stereocenters. The van der Waals surface area contributed by atoms with Crippen molar-refractivity contribution >= 4 is 22.2 Å². The van der Waals surface area contributed by atoms with Crippen molar-refractivity contribution in [1.82, 2.24) is 10.2 Å². The molecule has 0 radical (unpaired) electrons. The summed E-state index contributed by atoms with van der Waals surface area (Å²) < 4.78 is 5.71. The van der Waals surface area contributed by atoms with Crippen molar-refractivity contribution < 1.29 is 9.53 Å². The molecule has 0 unspecified atom stereocenters. The summed E-state index contributed by atoms with van der Waals surface area (Å²) in [5.41, 5.74) is 3.02. The molecule has 2 aromatic rings. The first-order chi connectivity index (χ1) is 11.7. The summed E-state index contributed by atoms with van der Waals surface area (Å²) in [4.78, 5) is 16.4. The number of likely N-dealkylation sites (N-methyl/N-ethyl adjacent to an activating group) is 1. The fourth-order valence-corrected chi connectivity index (χ4v) is 4.76. The molecule has 0 aliphatic carbocycles. The van der Waals surface area contributed by atoms with E-state index in [0.29, 0.717) is 6.61 Å². The van der Waals surface area contributed by atoms with Gasteiger partial charge in [-0.25, -0.2) is 0 Å². The number of rotatable bonds is 3. The van der Waals surface area contributed by atoms with E-state index in [4.69, 9.17) is 4.74 Å². The minimum Gasteiger partial charge on any atom is -0.493 e. The molecule has 6 heteroatoms. The number of ether oxygens (including phenoxy) is 1. The molecule has 126 valence electrons. The highest BCUT2D eigenvalue weighted by Gasteiger charge is 2.33. The lowest BCUT2D eigenvalue weighted by Crippen LogP contribution is -2.38. The van der Waals surface area contributed by atoms with Gasteiger partial charge in [-0.1, -0.05) is 18.2 Å². The Hall–Kier alpha value is -2.05. The molecule has 3 heterocycles. The van der Waals surface area contributed by atoms with Gasteiger partial charge in [0.2, 0.25) is 0 Å². The molecule has 0 saturated carbocycles. The highest BCUT2D eigenvalue weighted by atomic mass is 32.1. The Morgan fingerprint density at radius 2 is 2.17 bits per heavy atom. The molecular weight excluding hydrogens is 322 g/mol. The lowest BCUT2D eigenvalue weighted by molar-refractivity contribution is 0.0934. The third-order valence-electron chi connectivity index (χ3n) is 4.56. The second kappa shape index (κ2) is 6.11. The molecule has 5 nitrogen and oxygen atoms in total. The quantitative estimate of drug-likeness (QED) is 0.900. The van der Waals surface area contributed by atoms with Crippen LogP contribution in [0.25, 0.3) is 0 Å². The van der Waals surface area contributed by atoms with Crippen LogP contribution in [0.1, 0.15) is 39.5 Å². The van der Waals surface area contributed by atoms with Gasteiger partial charge in [-0.05, 0) is 32.0 Å². The standard InChI is InChI=1S/C18H21N3O2S/c1-3-23-13-7-5-4-6-11(13)16-19-17(22)15-12-8-9-21(2)10-14(12)24-18(15)20-16/h4-7,16,20H,3,8-10H2,1-2H3,(H,19,22)/t16-/m0/s1. The van der Waals surface area contributed by atoms with Crippen LogP contribution in [-0.2, 0) is 13.0 Å². The van der Waals surface area contributed by atoms with Gasteiger partial charge in [0.1, 0.15) is 16.9 Å². The number of para-hydroxylation sites is 1. The van der Waals surface area contributed by atoms with Gasteiger partial charge in [-0.2, -0.15) is 0 Å². The Morgan fingerprint density at radius 1 is 1.33 bits per heavy atom. The number of thiophene rings is 1. The van der Waals surface area contributed by atoms with Gasteiger partial charge in [0, 0.05) is 23.5 Å². The van der Waals surface area contributed by atoms with Gasteiger partial charge >= 0.3 is 0 Å². The van der Waals surface area contributed by atoms with Crippen LogP contribution in [-0.4, -0.2) is 31.0 Å². The summed E-state index contributed by atoms with van der Waals surface area (Å²) >= 11 is 1.71. The highest BCUT2D eigenvalue weighted by molar-refractivity contribution is 7.16. The molecule has 2 aliphatic heterocycles. The minimum atomic E-state index is -0.259. The minimum absolute atomic E-state index is 0.0158. The third kappa shape index (κ3) is 2.56. The summed E-state index contributed by atoms with van der Waals surface area (Å²) in [6, 6.07) is 7.85. The number of hydrogen-bond donors (Lipinski definition) is 2. The summed E-state index contributed by atoms with van der Waals surface area (Å²) in [5.74, 6) is 0.824. The van der Waals surface area contributed by atoms with Crippen LogP contribution in [0.5, 0.6) is 5.75 Å². The molecule has 0 bridgehead atoms. The second-order valence-corrected chi connectivity index (χ2v) is 7.32. The topological polar surface area (TPSA) is 53.6 Å². The van der Waals surface area contributed by atoms with Crippen molar-refractivity contribution in [1.29, 1.82) is 0 Å². The maximum atomic E-state index is 12.8. The number of carbonyl (C=O) groups is 1. The lowest BCUT2D eigenvalue weighted by Gasteiger charge is -2.28. The number of benzene rings is 1. The van der Waals surface area contributed by atoms with Gasteiger partial charge in [-0.15, -0.1) is 11.3 Å². The number of amides is 1. The molecule has 24 heavy (non-hydrogen) atoms. The van der Waals surface area contributed by atoms with E-state index in [2.05, 4.69) is 22.6 Å². The van der Waals surface area contributed by atoms with Crippen LogP contribution < -0.4 is 15.4 Å². The van der Waals surface area contributed by atoms with E-state index in [1.807, 2.05) is 31.2 Å². The van der Waals surface area contributed by atoms with Crippen molar-refractivity contribution in [3.63, 3.8) is 0 Å². The van der Waals surface area contributed by atoms with E-state index in [1.54, 1.807) is 11.3 Å². The Kier molecular flexibility index (Phi) is 3.94. The third-order valence-corrected chi connectivity index (χ3v) is 5.70. The summed E-state index contributed by atoms with van der Waals surface area (Å²) in [6.07, 6.45) is 0.679. The molecule has 2 N–H and O–H groups in total. The highest BCUT2D eigenvalue weighted by Crippen LogP contribution is 2.41. The van der Waals surface area contributed by atoms with Gasteiger partial charge in [0.15, 0.2) is 0 Å². The molecule has 0 spiro atoms. The summed E-state index contributed by atoms with van der Waals surface area (Å²) in [7, 11) is 2.12. The molecule has 0 saturated heterocycles. The predicted molar refractivity (Wildman–Crippen MR) is 95.8 cm³/mol. The number of hydrogen-bond acceptors (Lipinski definition) is 5. The van der Waals surface area contributed by atoms with Crippen LogP contribution in [0, 0.1) is 0 Å². The maximum Gasteiger partial charge on any atom is 0.256 e. The Labute approximate surface area is 145 Å².